The van der Waals surface area contributed by atoms with Gasteiger partial charge in [0, 0.05) is 5.56 Å². The first-order valence-electron chi connectivity index (χ1n) is 4.39. The molecule has 0 fully saturated rings. The quantitative estimate of drug-likeness (QED) is 0.602. The Balaban J connectivity index is 2.64. The zero-order valence-electron chi connectivity index (χ0n) is 7.87. The molecule has 0 radical (unpaired) electrons. The van der Waals surface area contributed by atoms with Crippen LogP contribution in [0.15, 0.2) is 53.1 Å². The SMILES string of the molecule is [2H]c1cccc([2H])c1-c1ccco1. The van der Waals surface area contributed by atoms with Crippen molar-refractivity contribution < 1.29 is 7.16 Å². The third kappa shape index (κ3) is 1.17. The maximum atomic E-state index is 7.61. The summed E-state index contributed by atoms with van der Waals surface area (Å²) in [5.74, 6) is 0.579. The molecule has 0 spiro atoms. The van der Waals surface area contributed by atoms with E-state index in [4.69, 9.17) is 7.16 Å². The summed E-state index contributed by atoms with van der Waals surface area (Å²) in [5, 5.41) is 0. The van der Waals surface area contributed by atoms with E-state index in [-0.39, 0.29) is 0 Å². The fourth-order valence-corrected chi connectivity index (χ4v) is 0.916. The van der Waals surface area contributed by atoms with E-state index in [9.17, 15) is 0 Å². The Hall–Kier alpha value is -1.50. The van der Waals surface area contributed by atoms with Crippen molar-refractivity contribution in [2.75, 3.05) is 0 Å². The summed E-state index contributed by atoms with van der Waals surface area (Å²) >= 11 is 0. The van der Waals surface area contributed by atoms with Gasteiger partial charge in [0.25, 0.3) is 0 Å². The van der Waals surface area contributed by atoms with Gasteiger partial charge >= 0.3 is 0 Å². The topological polar surface area (TPSA) is 13.1 Å². The third-order valence-electron chi connectivity index (χ3n) is 1.42. The van der Waals surface area contributed by atoms with Crippen molar-refractivity contribution in [1.82, 2.24) is 0 Å². The second-order valence-corrected chi connectivity index (χ2v) is 2.17. The van der Waals surface area contributed by atoms with Crippen LogP contribution in [0.25, 0.3) is 11.3 Å². The zero-order chi connectivity index (χ0) is 9.26. The minimum Gasteiger partial charge on any atom is -0.464 e. The summed E-state index contributed by atoms with van der Waals surface area (Å²) in [6, 6.07) is 9.14. The van der Waals surface area contributed by atoms with Gasteiger partial charge in [0.2, 0.25) is 0 Å². The van der Waals surface area contributed by atoms with Crippen LogP contribution < -0.4 is 0 Å². The predicted octanol–water partition coefficient (Wildman–Crippen LogP) is 2.95. The molecule has 1 aromatic heterocycles. The molecule has 1 nitrogen and oxygen atoms in total. The smallest absolute Gasteiger partial charge is 0.133 e. The molecule has 54 valence electrons. The van der Waals surface area contributed by atoms with Gasteiger partial charge in [0.1, 0.15) is 5.76 Å². The van der Waals surface area contributed by atoms with Crippen LogP contribution in [0, 0.1) is 0 Å². The molecule has 0 aliphatic rings. The van der Waals surface area contributed by atoms with Crippen LogP contribution >= 0.6 is 0 Å². The number of hydrogen-bond acceptors (Lipinski definition) is 1. The molecule has 1 heteroatoms. The minimum absolute atomic E-state index is 0.322. The van der Waals surface area contributed by atoms with E-state index in [1.807, 2.05) is 0 Å². The number of rotatable bonds is 1. The summed E-state index contributed by atoms with van der Waals surface area (Å²) < 4.78 is 20.4. The fourth-order valence-electron chi connectivity index (χ4n) is 0.916. The minimum atomic E-state index is 0.322. The first-order chi connectivity index (χ1) is 6.29. The Bertz CT molecular complexity index is 387. The Kier molecular flexibility index (Phi) is 1.05. The van der Waals surface area contributed by atoms with E-state index in [1.165, 1.54) is 0 Å². The molecular weight excluding hydrogens is 136 g/mol. The van der Waals surface area contributed by atoms with Crippen LogP contribution in [0.3, 0.4) is 0 Å². The second kappa shape index (κ2) is 2.62. The molecule has 0 bridgehead atoms. The van der Waals surface area contributed by atoms with Crippen LogP contribution in [0.5, 0.6) is 0 Å². The third-order valence-corrected chi connectivity index (χ3v) is 1.42. The molecule has 1 aromatic carbocycles. The summed E-state index contributed by atoms with van der Waals surface area (Å²) in [5.41, 5.74) is 0.549. The molecule has 1 heterocycles. The fraction of sp³-hybridized carbons (Fsp3) is 0. The number of hydrogen-bond donors (Lipinski definition) is 0. The zero-order valence-corrected chi connectivity index (χ0v) is 5.87. The Labute approximate surface area is 68.1 Å². The average molecular weight is 146 g/mol. The van der Waals surface area contributed by atoms with Crippen molar-refractivity contribution in [2.45, 2.75) is 0 Å². The molecule has 0 N–H and O–H groups in total. The van der Waals surface area contributed by atoms with Crippen molar-refractivity contribution in [3.05, 3.63) is 48.7 Å². The molecule has 0 amide bonds. The highest BCUT2D eigenvalue weighted by Crippen LogP contribution is 2.18. The molecular formula is C10H8O. The molecule has 0 aliphatic heterocycles. The monoisotopic (exact) mass is 146 g/mol. The van der Waals surface area contributed by atoms with E-state index in [0.29, 0.717) is 23.4 Å². The highest BCUT2D eigenvalue weighted by Gasteiger charge is 1.95. The first kappa shape index (κ1) is 4.39. The molecule has 0 saturated heterocycles. The van der Waals surface area contributed by atoms with Crippen LogP contribution in [-0.2, 0) is 0 Å². The molecule has 2 aromatic rings. The molecule has 0 saturated carbocycles. The van der Waals surface area contributed by atoms with Gasteiger partial charge in [0.05, 0.1) is 9.00 Å². The highest BCUT2D eigenvalue weighted by molar-refractivity contribution is 5.56. The van der Waals surface area contributed by atoms with Crippen molar-refractivity contribution in [1.29, 1.82) is 0 Å². The van der Waals surface area contributed by atoms with E-state index in [2.05, 4.69) is 0 Å². The van der Waals surface area contributed by atoms with E-state index >= 15 is 0 Å². The van der Waals surface area contributed by atoms with Gasteiger partial charge < -0.3 is 4.42 Å². The average Bonchev–Trinajstić information content (AvgIpc) is 2.57. The lowest BCUT2D eigenvalue weighted by atomic mass is 10.2. The maximum absolute atomic E-state index is 7.61. The van der Waals surface area contributed by atoms with Gasteiger partial charge in [-0.1, -0.05) is 30.3 Å². The highest BCUT2D eigenvalue weighted by atomic mass is 16.3. The van der Waals surface area contributed by atoms with Crippen LogP contribution in [0.2, 0.25) is 0 Å². The van der Waals surface area contributed by atoms with E-state index in [1.54, 1.807) is 36.6 Å². The number of benzene rings is 1. The van der Waals surface area contributed by atoms with Crippen LogP contribution in [0.1, 0.15) is 2.74 Å². The van der Waals surface area contributed by atoms with Crippen LogP contribution in [-0.4, -0.2) is 0 Å². The van der Waals surface area contributed by atoms with Gasteiger partial charge in [-0.2, -0.15) is 0 Å². The Morgan fingerprint density at radius 1 is 1.09 bits per heavy atom. The van der Waals surface area contributed by atoms with Crippen LogP contribution in [0.4, 0.5) is 0 Å². The second-order valence-electron chi connectivity index (χ2n) is 2.17. The standard InChI is InChI=1S/C10H8O/c1-2-5-9(6-3-1)10-7-4-8-11-10/h1-8H/i5D,6D. The van der Waals surface area contributed by atoms with Gasteiger partial charge in [-0.25, -0.2) is 0 Å². The first-order valence-corrected chi connectivity index (χ1v) is 3.39. The molecule has 0 aliphatic carbocycles. The lowest BCUT2D eigenvalue weighted by molar-refractivity contribution is 0.582. The molecule has 2 rings (SSSR count). The number of furan rings is 1. The van der Waals surface area contributed by atoms with Crippen molar-refractivity contribution >= 4 is 0 Å². The summed E-state index contributed by atoms with van der Waals surface area (Å²) in [4.78, 5) is 0. The van der Waals surface area contributed by atoms with E-state index < -0.39 is 0 Å². The summed E-state index contributed by atoms with van der Waals surface area (Å²) in [6.45, 7) is 0. The Morgan fingerprint density at radius 2 is 1.91 bits per heavy atom. The maximum Gasteiger partial charge on any atom is 0.133 e. The Morgan fingerprint density at radius 3 is 2.55 bits per heavy atom. The molecule has 0 atom stereocenters. The van der Waals surface area contributed by atoms with E-state index in [0.717, 1.165) is 0 Å². The van der Waals surface area contributed by atoms with Crippen molar-refractivity contribution in [3.8, 4) is 11.3 Å². The van der Waals surface area contributed by atoms with Crippen molar-refractivity contribution in [3.63, 3.8) is 0 Å². The normalized spacial score (nSPS) is 12.4. The predicted molar refractivity (Wildman–Crippen MR) is 44.1 cm³/mol. The van der Waals surface area contributed by atoms with Crippen molar-refractivity contribution in [2.24, 2.45) is 0 Å². The molecule has 11 heavy (non-hydrogen) atoms. The summed E-state index contributed by atoms with van der Waals surface area (Å²) in [6.07, 6.45) is 1.54. The van der Waals surface area contributed by atoms with Gasteiger partial charge in [-0.3, -0.25) is 0 Å². The van der Waals surface area contributed by atoms with Gasteiger partial charge in [-0.05, 0) is 12.1 Å². The lowest BCUT2D eigenvalue weighted by Gasteiger charge is -1.92. The van der Waals surface area contributed by atoms with Gasteiger partial charge in [0.15, 0.2) is 0 Å². The summed E-state index contributed by atoms with van der Waals surface area (Å²) in [7, 11) is 0. The molecule has 0 unspecified atom stereocenters. The lowest BCUT2D eigenvalue weighted by Crippen LogP contribution is -1.69. The van der Waals surface area contributed by atoms with Gasteiger partial charge in [-0.15, -0.1) is 0 Å². The largest absolute Gasteiger partial charge is 0.464 e.